The van der Waals surface area contributed by atoms with Crippen LogP contribution in [0.5, 0.6) is 11.5 Å². The van der Waals surface area contributed by atoms with Gasteiger partial charge in [-0.1, -0.05) is 20.8 Å². The zero-order chi connectivity index (χ0) is 20.7. The Hall–Kier alpha value is -2.42. The average molecular weight is 413 g/mol. The lowest BCUT2D eigenvalue weighted by atomic mass is 9.98. The molecule has 0 spiro atoms. The number of rotatable bonds is 7. The third kappa shape index (κ3) is 6.33. The van der Waals surface area contributed by atoms with E-state index in [1.54, 1.807) is 30.5 Å². The van der Waals surface area contributed by atoms with Crippen LogP contribution >= 0.6 is 11.3 Å². The summed E-state index contributed by atoms with van der Waals surface area (Å²) in [5, 5.41) is 9.34. The standard InChI is InChI=1S/C19H26F2N4O2S/c1-19(2,3)16-25-13(11-28-16)10-24-18(22-4)23-9-12-8-14(26-5)6-7-15(12)27-17(20)21/h6-8,11,17H,9-10H2,1-5H3,(H2,22,23,24). The molecule has 0 saturated carbocycles. The van der Waals surface area contributed by atoms with E-state index < -0.39 is 6.61 Å². The molecular weight excluding hydrogens is 386 g/mol. The first-order valence-electron chi connectivity index (χ1n) is 8.74. The lowest BCUT2D eigenvalue weighted by molar-refractivity contribution is -0.0504. The van der Waals surface area contributed by atoms with Gasteiger partial charge in [-0.25, -0.2) is 4.98 Å². The van der Waals surface area contributed by atoms with Crippen molar-refractivity contribution in [3.8, 4) is 11.5 Å². The highest BCUT2D eigenvalue weighted by atomic mass is 32.1. The number of methoxy groups -OCH3 is 1. The summed E-state index contributed by atoms with van der Waals surface area (Å²) in [5.41, 5.74) is 1.46. The van der Waals surface area contributed by atoms with Crippen LogP contribution in [0.3, 0.4) is 0 Å². The Kier molecular flexibility index (Phi) is 7.56. The smallest absolute Gasteiger partial charge is 0.387 e. The van der Waals surface area contributed by atoms with Crippen LogP contribution in [-0.4, -0.2) is 31.7 Å². The second-order valence-electron chi connectivity index (χ2n) is 7.03. The van der Waals surface area contributed by atoms with Gasteiger partial charge in [0.1, 0.15) is 11.5 Å². The van der Waals surface area contributed by atoms with Crippen molar-refractivity contribution in [2.45, 2.75) is 45.9 Å². The summed E-state index contributed by atoms with van der Waals surface area (Å²) in [6, 6.07) is 4.68. The zero-order valence-electron chi connectivity index (χ0n) is 16.7. The Balaban J connectivity index is 1.99. The van der Waals surface area contributed by atoms with Crippen LogP contribution < -0.4 is 20.1 Å². The molecule has 28 heavy (non-hydrogen) atoms. The van der Waals surface area contributed by atoms with Crippen LogP contribution in [0.25, 0.3) is 0 Å². The van der Waals surface area contributed by atoms with E-state index in [0.29, 0.717) is 23.8 Å². The van der Waals surface area contributed by atoms with Crippen molar-refractivity contribution in [2.24, 2.45) is 4.99 Å². The maximum atomic E-state index is 12.6. The van der Waals surface area contributed by atoms with Crippen LogP contribution in [0.1, 0.15) is 37.0 Å². The third-order valence-corrected chi connectivity index (χ3v) is 5.10. The molecule has 0 bridgehead atoms. The fourth-order valence-corrected chi connectivity index (χ4v) is 3.25. The Morgan fingerprint density at radius 1 is 1.25 bits per heavy atom. The van der Waals surface area contributed by atoms with Gasteiger partial charge in [-0.3, -0.25) is 4.99 Å². The molecule has 154 valence electrons. The predicted molar refractivity (Wildman–Crippen MR) is 107 cm³/mol. The summed E-state index contributed by atoms with van der Waals surface area (Å²) >= 11 is 1.62. The van der Waals surface area contributed by atoms with Gasteiger partial charge in [0.25, 0.3) is 0 Å². The van der Waals surface area contributed by atoms with Crippen molar-refractivity contribution in [1.82, 2.24) is 15.6 Å². The molecule has 0 aliphatic rings. The van der Waals surface area contributed by atoms with Crippen LogP contribution in [0, 0.1) is 0 Å². The average Bonchev–Trinajstić information content (AvgIpc) is 3.12. The summed E-state index contributed by atoms with van der Waals surface area (Å²) in [4.78, 5) is 8.79. The summed E-state index contributed by atoms with van der Waals surface area (Å²) in [6.45, 7) is 4.21. The number of halogens is 2. The number of aliphatic imine (C=N–C) groups is 1. The van der Waals surface area contributed by atoms with Crippen molar-refractivity contribution < 1.29 is 18.3 Å². The van der Waals surface area contributed by atoms with Crippen LogP contribution in [-0.2, 0) is 18.5 Å². The Labute approximate surface area is 168 Å². The first kappa shape index (κ1) is 21.9. The summed E-state index contributed by atoms with van der Waals surface area (Å²) in [5.74, 6) is 1.17. The number of nitrogens with zero attached hydrogens (tertiary/aromatic N) is 2. The fraction of sp³-hybridized carbons (Fsp3) is 0.474. The molecule has 9 heteroatoms. The van der Waals surface area contributed by atoms with E-state index in [1.807, 2.05) is 5.38 Å². The quantitative estimate of drug-likeness (QED) is 0.533. The van der Waals surface area contributed by atoms with Gasteiger partial charge in [0.05, 0.1) is 24.4 Å². The molecule has 0 atom stereocenters. The third-order valence-electron chi connectivity index (χ3n) is 3.78. The minimum atomic E-state index is -2.90. The van der Waals surface area contributed by atoms with Crippen LogP contribution in [0.4, 0.5) is 8.78 Å². The monoisotopic (exact) mass is 412 g/mol. The summed E-state index contributed by atoms with van der Waals surface area (Å²) in [6.07, 6.45) is 0. The molecule has 0 aliphatic carbocycles. The number of hydrogen-bond acceptors (Lipinski definition) is 5. The Bertz CT molecular complexity index is 803. The van der Waals surface area contributed by atoms with Crippen molar-refractivity contribution >= 4 is 17.3 Å². The molecule has 0 radical (unpaired) electrons. The van der Waals surface area contributed by atoms with E-state index in [4.69, 9.17) is 4.74 Å². The second-order valence-corrected chi connectivity index (χ2v) is 7.88. The first-order valence-corrected chi connectivity index (χ1v) is 9.62. The number of ether oxygens (including phenoxy) is 2. The molecular formula is C19H26F2N4O2S. The molecule has 2 rings (SSSR count). The van der Waals surface area contributed by atoms with Crippen molar-refractivity contribution in [3.63, 3.8) is 0 Å². The number of aromatic nitrogens is 1. The van der Waals surface area contributed by atoms with Gasteiger partial charge in [0.15, 0.2) is 5.96 Å². The molecule has 2 N–H and O–H groups in total. The molecule has 0 saturated heterocycles. The fourth-order valence-electron chi connectivity index (χ4n) is 2.34. The van der Waals surface area contributed by atoms with Gasteiger partial charge in [0, 0.05) is 30.0 Å². The van der Waals surface area contributed by atoms with Gasteiger partial charge in [0.2, 0.25) is 0 Å². The van der Waals surface area contributed by atoms with Gasteiger partial charge in [-0.05, 0) is 18.2 Å². The number of alkyl halides is 2. The molecule has 0 aliphatic heterocycles. The number of hydrogen-bond donors (Lipinski definition) is 2. The maximum absolute atomic E-state index is 12.6. The summed E-state index contributed by atoms with van der Waals surface area (Å²) in [7, 11) is 3.15. The van der Waals surface area contributed by atoms with Gasteiger partial charge >= 0.3 is 6.61 Å². The lowest BCUT2D eigenvalue weighted by Crippen LogP contribution is -2.36. The van der Waals surface area contributed by atoms with Crippen LogP contribution in [0.2, 0.25) is 0 Å². The SMILES string of the molecule is CN=C(NCc1csc(C(C)(C)C)n1)NCc1cc(OC)ccc1OC(F)F. The lowest BCUT2D eigenvalue weighted by Gasteiger charge is -2.15. The molecule has 2 aromatic rings. The first-order chi connectivity index (χ1) is 13.2. The van der Waals surface area contributed by atoms with Crippen molar-refractivity contribution in [2.75, 3.05) is 14.2 Å². The topological polar surface area (TPSA) is 67.8 Å². The number of guanidine groups is 1. The molecule has 1 aromatic carbocycles. The van der Waals surface area contributed by atoms with Crippen molar-refractivity contribution in [3.05, 3.63) is 39.8 Å². The van der Waals surface area contributed by atoms with E-state index in [0.717, 1.165) is 10.7 Å². The predicted octanol–water partition coefficient (Wildman–Crippen LogP) is 3.92. The zero-order valence-corrected chi connectivity index (χ0v) is 17.5. The largest absolute Gasteiger partial charge is 0.497 e. The van der Waals surface area contributed by atoms with E-state index in [-0.39, 0.29) is 17.7 Å². The Morgan fingerprint density at radius 2 is 1.96 bits per heavy atom. The van der Waals surface area contributed by atoms with E-state index in [9.17, 15) is 8.78 Å². The Morgan fingerprint density at radius 3 is 2.54 bits per heavy atom. The minimum absolute atomic E-state index is 0.0102. The van der Waals surface area contributed by atoms with E-state index in [1.165, 1.54) is 13.2 Å². The highest BCUT2D eigenvalue weighted by Crippen LogP contribution is 2.26. The van der Waals surface area contributed by atoms with Gasteiger partial charge in [-0.2, -0.15) is 8.78 Å². The minimum Gasteiger partial charge on any atom is -0.497 e. The summed E-state index contributed by atoms with van der Waals surface area (Å²) < 4.78 is 35.0. The van der Waals surface area contributed by atoms with Crippen LogP contribution in [0.15, 0.2) is 28.6 Å². The highest BCUT2D eigenvalue weighted by Gasteiger charge is 2.18. The molecule has 0 unspecified atom stereocenters. The van der Waals surface area contributed by atoms with Gasteiger partial charge < -0.3 is 20.1 Å². The maximum Gasteiger partial charge on any atom is 0.387 e. The van der Waals surface area contributed by atoms with Crippen molar-refractivity contribution in [1.29, 1.82) is 0 Å². The second kappa shape index (κ2) is 9.68. The highest BCUT2D eigenvalue weighted by molar-refractivity contribution is 7.09. The number of benzene rings is 1. The van der Waals surface area contributed by atoms with Gasteiger partial charge in [-0.15, -0.1) is 11.3 Å². The van der Waals surface area contributed by atoms with E-state index in [2.05, 4.69) is 46.1 Å². The normalized spacial score (nSPS) is 12.2. The molecule has 6 nitrogen and oxygen atoms in total. The van der Waals surface area contributed by atoms with E-state index >= 15 is 0 Å². The molecule has 1 heterocycles. The molecule has 0 amide bonds. The number of thiazole rings is 1. The number of nitrogens with one attached hydrogen (secondary N) is 2. The molecule has 0 fully saturated rings. The molecule has 1 aromatic heterocycles.